The minimum Gasteiger partial charge on any atom is -0.491 e. The molecule has 0 heterocycles. The van der Waals surface area contributed by atoms with Crippen LogP contribution in [0.2, 0.25) is 0 Å². The van der Waals surface area contributed by atoms with Gasteiger partial charge in [-0.05, 0) is 28.8 Å². The molecule has 0 atom stereocenters. The fraction of sp³-hybridized carbons (Fsp3) is 0.273. The molecule has 0 aliphatic heterocycles. The van der Waals surface area contributed by atoms with Crippen LogP contribution >= 0.6 is 0 Å². The monoisotopic (exact) mass is 512 g/mol. The van der Waals surface area contributed by atoms with Crippen molar-refractivity contribution in [3.8, 4) is 5.75 Å². The van der Waals surface area contributed by atoms with Gasteiger partial charge in [0.05, 0.1) is 46.2 Å². The first kappa shape index (κ1) is 27.6. The quantitative estimate of drug-likeness (QED) is 0.126. The van der Waals surface area contributed by atoms with Crippen molar-refractivity contribution in [3.63, 3.8) is 0 Å². The second-order valence-electron chi connectivity index (χ2n) is 8.63. The maximum absolute atomic E-state index is 6.70. The average molecular weight is 513 g/mol. The van der Waals surface area contributed by atoms with Crippen molar-refractivity contribution in [2.75, 3.05) is 52.9 Å². The average Bonchev–Trinajstić information content (AvgIpc) is 2.99. The van der Waals surface area contributed by atoms with Crippen molar-refractivity contribution in [1.29, 1.82) is 0 Å². The third-order valence-corrected chi connectivity index (χ3v) is 6.07. The molecule has 38 heavy (non-hydrogen) atoms. The molecule has 0 aliphatic rings. The molecule has 0 radical (unpaired) electrons. The first-order valence-electron chi connectivity index (χ1n) is 13.1. The van der Waals surface area contributed by atoms with Gasteiger partial charge in [-0.2, -0.15) is 0 Å². The zero-order chi connectivity index (χ0) is 26.1. The molecule has 0 bridgehead atoms. The third-order valence-electron chi connectivity index (χ3n) is 6.07. The van der Waals surface area contributed by atoms with Gasteiger partial charge in [0.15, 0.2) is 0 Å². The summed E-state index contributed by atoms with van der Waals surface area (Å²) >= 11 is 0. The predicted molar refractivity (Wildman–Crippen MR) is 150 cm³/mol. The summed E-state index contributed by atoms with van der Waals surface area (Å²) in [6, 6.07) is 40.8. The topological polar surface area (TPSA) is 46.2 Å². The Bertz CT molecular complexity index is 1040. The Kier molecular flexibility index (Phi) is 11.4. The number of ether oxygens (including phenoxy) is 5. The summed E-state index contributed by atoms with van der Waals surface area (Å²) in [4.78, 5) is 0. The predicted octanol–water partition coefficient (Wildman–Crippen LogP) is 6.12. The highest BCUT2D eigenvalue weighted by molar-refractivity contribution is 5.47. The molecular formula is C33H36O5. The Morgan fingerprint density at radius 1 is 0.368 bits per heavy atom. The van der Waals surface area contributed by atoms with Gasteiger partial charge in [0.1, 0.15) is 18.0 Å². The molecule has 0 spiro atoms. The smallest absolute Gasteiger partial charge is 0.143 e. The van der Waals surface area contributed by atoms with Gasteiger partial charge < -0.3 is 23.7 Å². The van der Waals surface area contributed by atoms with Crippen LogP contribution in [0.25, 0.3) is 0 Å². The van der Waals surface area contributed by atoms with Gasteiger partial charge in [-0.15, -0.1) is 0 Å². The van der Waals surface area contributed by atoms with Gasteiger partial charge in [0.25, 0.3) is 0 Å². The summed E-state index contributed by atoms with van der Waals surface area (Å²) in [6.07, 6.45) is 0. The Morgan fingerprint density at radius 2 is 0.711 bits per heavy atom. The second kappa shape index (κ2) is 15.7. The molecule has 0 aromatic heterocycles. The SMILES string of the molecule is c1ccc(OCCOCCOCCOCCOC(c2ccccc2)(c2ccccc2)c2ccccc2)cc1. The fourth-order valence-electron chi connectivity index (χ4n) is 4.30. The Morgan fingerprint density at radius 3 is 1.13 bits per heavy atom. The van der Waals surface area contributed by atoms with E-state index >= 15 is 0 Å². The van der Waals surface area contributed by atoms with Crippen LogP contribution in [0.1, 0.15) is 16.7 Å². The summed E-state index contributed by atoms with van der Waals surface area (Å²) in [5.41, 5.74) is 2.50. The summed E-state index contributed by atoms with van der Waals surface area (Å²) in [7, 11) is 0. The molecule has 4 aromatic carbocycles. The molecule has 5 nitrogen and oxygen atoms in total. The lowest BCUT2D eigenvalue weighted by molar-refractivity contribution is -0.0373. The number of hydrogen-bond acceptors (Lipinski definition) is 5. The van der Waals surface area contributed by atoms with E-state index in [0.29, 0.717) is 52.9 Å². The first-order chi connectivity index (χ1) is 18.9. The van der Waals surface area contributed by atoms with Gasteiger partial charge in [-0.3, -0.25) is 0 Å². The lowest BCUT2D eigenvalue weighted by atomic mass is 9.80. The minimum absolute atomic E-state index is 0.434. The molecular weight excluding hydrogens is 476 g/mol. The lowest BCUT2D eigenvalue weighted by Gasteiger charge is -2.36. The van der Waals surface area contributed by atoms with E-state index < -0.39 is 5.60 Å². The molecule has 0 aliphatic carbocycles. The van der Waals surface area contributed by atoms with Crippen LogP contribution in [0.4, 0.5) is 0 Å². The number of benzene rings is 4. The highest BCUT2D eigenvalue weighted by Gasteiger charge is 2.37. The molecule has 0 unspecified atom stereocenters. The van der Waals surface area contributed by atoms with Crippen LogP contribution < -0.4 is 4.74 Å². The highest BCUT2D eigenvalue weighted by atomic mass is 16.6. The van der Waals surface area contributed by atoms with Gasteiger partial charge in [-0.1, -0.05) is 109 Å². The lowest BCUT2D eigenvalue weighted by Crippen LogP contribution is -2.34. The minimum atomic E-state index is -0.731. The van der Waals surface area contributed by atoms with E-state index in [4.69, 9.17) is 23.7 Å². The van der Waals surface area contributed by atoms with Crippen LogP contribution in [0.3, 0.4) is 0 Å². The second-order valence-corrected chi connectivity index (χ2v) is 8.63. The molecule has 198 valence electrons. The Hall–Kier alpha value is -3.48. The van der Waals surface area contributed by atoms with Crippen molar-refractivity contribution in [1.82, 2.24) is 0 Å². The largest absolute Gasteiger partial charge is 0.491 e. The van der Waals surface area contributed by atoms with E-state index in [1.54, 1.807) is 0 Å². The fourth-order valence-corrected chi connectivity index (χ4v) is 4.30. The zero-order valence-corrected chi connectivity index (χ0v) is 21.7. The van der Waals surface area contributed by atoms with E-state index in [-0.39, 0.29) is 0 Å². The molecule has 0 N–H and O–H groups in total. The summed E-state index contributed by atoms with van der Waals surface area (Å²) < 4.78 is 29.3. The van der Waals surface area contributed by atoms with Crippen molar-refractivity contribution in [2.24, 2.45) is 0 Å². The summed E-state index contributed by atoms with van der Waals surface area (Å²) in [5, 5.41) is 0. The van der Waals surface area contributed by atoms with E-state index in [1.807, 2.05) is 84.9 Å². The van der Waals surface area contributed by atoms with Crippen LogP contribution in [0, 0.1) is 0 Å². The molecule has 0 saturated heterocycles. The van der Waals surface area contributed by atoms with E-state index in [1.165, 1.54) is 0 Å². The maximum Gasteiger partial charge on any atom is 0.143 e. The molecule has 0 amide bonds. The normalized spacial score (nSPS) is 11.4. The standard InChI is InChI=1S/C33H36O5/c1-5-13-29(14-6-1)33(30-15-7-2-8-16-30,31-17-9-3-10-18-31)38-28-26-36-24-22-34-21-23-35-25-27-37-32-19-11-4-12-20-32/h1-20H,21-28H2. The Labute approximate surface area is 225 Å². The van der Waals surface area contributed by atoms with E-state index in [9.17, 15) is 0 Å². The molecule has 0 fully saturated rings. The maximum atomic E-state index is 6.70. The van der Waals surface area contributed by atoms with Crippen molar-refractivity contribution in [2.45, 2.75) is 5.60 Å². The van der Waals surface area contributed by atoms with Gasteiger partial charge >= 0.3 is 0 Å². The van der Waals surface area contributed by atoms with E-state index in [0.717, 1.165) is 22.4 Å². The first-order valence-corrected chi connectivity index (χ1v) is 13.1. The van der Waals surface area contributed by atoms with Crippen molar-refractivity contribution >= 4 is 0 Å². The third kappa shape index (κ3) is 8.01. The number of rotatable bonds is 17. The van der Waals surface area contributed by atoms with Gasteiger partial charge in [-0.25, -0.2) is 0 Å². The zero-order valence-electron chi connectivity index (χ0n) is 21.7. The molecule has 5 heteroatoms. The van der Waals surface area contributed by atoms with Crippen LogP contribution in [-0.2, 0) is 24.5 Å². The molecule has 0 saturated carbocycles. The summed E-state index contributed by atoms with van der Waals surface area (Å²) in [5.74, 6) is 0.849. The Balaban J connectivity index is 1.19. The summed E-state index contributed by atoms with van der Waals surface area (Å²) in [6.45, 7) is 3.98. The van der Waals surface area contributed by atoms with Crippen LogP contribution in [0.15, 0.2) is 121 Å². The molecule has 4 aromatic rings. The molecule has 4 rings (SSSR count). The number of para-hydroxylation sites is 1. The number of hydrogen-bond donors (Lipinski definition) is 0. The van der Waals surface area contributed by atoms with Crippen molar-refractivity contribution in [3.05, 3.63) is 138 Å². The van der Waals surface area contributed by atoms with Crippen molar-refractivity contribution < 1.29 is 23.7 Å². The van der Waals surface area contributed by atoms with Gasteiger partial charge in [0, 0.05) is 0 Å². The van der Waals surface area contributed by atoms with Crippen LogP contribution in [0.5, 0.6) is 5.75 Å². The van der Waals surface area contributed by atoms with Crippen LogP contribution in [-0.4, -0.2) is 52.9 Å². The van der Waals surface area contributed by atoms with E-state index in [2.05, 4.69) is 36.4 Å². The highest BCUT2D eigenvalue weighted by Crippen LogP contribution is 2.40. The van der Waals surface area contributed by atoms with Gasteiger partial charge in [0.2, 0.25) is 0 Å².